The second-order valence-corrected chi connectivity index (χ2v) is 6.54. The number of hydrogen-bond acceptors (Lipinski definition) is 2. The van der Waals surface area contributed by atoms with Crippen LogP contribution in [0.5, 0.6) is 0 Å². The van der Waals surface area contributed by atoms with Crippen LogP contribution in [0.15, 0.2) is 53.5 Å². The zero-order chi connectivity index (χ0) is 18.1. The lowest BCUT2D eigenvalue weighted by Gasteiger charge is -2.16. The van der Waals surface area contributed by atoms with Gasteiger partial charge < -0.3 is 15.5 Å². The van der Waals surface area contributed by atoms with Crippen LogP contribution in [0.3, 0.4) is 0 Å². The van der Waals surface area contributed by atoms with Crippen LogP contribution in [0, 0.1) is 6.92 Å². The summed E-state index contributed by atoms with van der Waals surface area (Å²) in [6.07, 6.45) is 0. The van der Waals surface area contributed by atoms with E-state index in [9.17, 15) is 0 Å². The Hall–Kier alpha value is -2.33. The molecule has 0 unspecified atom stereocenters. The van der Waals surface area contributed by atoms with Gasteiger partial charge in [-0.3, -0.25) is 0 Å². The van der Waals surface area contributed by atoms with Crippen LogP contribution in [-0.2, 0) is 19.6 Å². The van der Waals surface area contributed by atoms with Crippen molar-refractivity contribution in [3.63, 3.8) is 0 Å². The van der Waals surface area contributed by atoms with Crippen molar-refractivity contribution in [1.29, 1.82) is 0 Å². The van der Waals surface area contributed by atoms with Crippen LogP contribution in [0.4, 0.5) is 0 Å². The molecule has 2 rings (SSSR count). The zero-order valence-corrected chi connectivity index (χ0v) is 15.8. The van der Waals surface area contributed by atoms with Gasteiger partial charge >= 0.3 is 0 Å². The minimum Gasteiger partial charge on any atom is -0.357 e. The molecular weight excluding hydrogens is 308 g/mol. The smallest absolute Gasteiger partial charge is 0.191 e. The molecule has 134 valence electrons. The highest BCUT2D eigenvalue weighted by Gasteiger charge is 2.04. The van der Waals surface area contributed by atoms with Crippen molar-refractivity contribution in [2.75, 3.05) is 20.6 Å². The first-order valence-electron chi connectivity index (χ1n) is 8.87. The second-order valence-electron chi connectivity index (χ2n) is 6.54. The van der Waals surface area contributed by atoms with Crippen LogP contribution in [0.25, 0.3) is 0 Å². The normalized spacial score (nSPS) is 11.6. The van der Waals surface area contributed by atoms with E-state index in [1.54, 1.807) is 0 Å². The van der Waals surface area contributed by atoms with E-state index in [-0.39, 0.29) is 0 Å². The summed E-state index contributed by atoms with van der Waals surface area (Å²) in [5.41, 5.74) is 5.14. The fourth-order valence-electron chi connectivity index (χ4n) is 2.61. The Bertz CT molecular complexity index is 675. The molecule has 2 aromatic rings. The summed E-state index contributed by atoms with van der Waals surface area (Å²) in [7, 11) is 4.19. The van der Waals surface area contributed by atoms with Gasteiger partial charge in [-0.2, -0.15) is 0 Å². The fraction of sp³-hybridized carbons (Fsp3) is 0.381. The van der Waals surface area contributed by atoms with Gasteiger partial charge in [-0.25, -0.2) is 4.99 Å². The van der Waals surface area contributed by atoms with E-state index in [0.29, 0.717) is 6.54 Å². The molecule has 0 spiro atoms. The molecule has 0 heterocycles. The quantitative estimate of drug-likeness (QED) is 0.601. The highest BCUT2D eigenvalue weighted by atomic mass is 15.2. The Balaban J connectivity index is 2.01. The molecule has 0 radical (unpaired) electrons. The monoisotopic (exact) mass is 338 g/mol. The Morgan fingerprint density at radius 2 is 1.64 bits per heavy atom. The first-order valence-corrected chi connectivity index (χ1v) is 8.87. The molecule has 0 aromatic heterocycles. The number of nitrogens with one attached hydrogen (secondary N) is 2. The van der Waals surface area contributed by atoms with Crippen molar-refractivity contribution in [1.82, 2.24) is 15.5 Å². The van der Waals surface area contributed by atoms with E-state index in [1.807, 2.05) is 0 Å². The van der Waals surface area contributed by atoms with Crippen molar-refractivity contribution in [2.45, 2.75) is 33.5 Å². The highest BCUT2D eigenvalue weighted by Crippen LogP contribution is 2.10. The van der Waals surface area contributed by atoms with Gasteiger partial charge in [0.25, 0.3) is 0 Å². The number of rotatable bonds is 7. The van der Waals surface area contributed by atoms with Crippen LogP contribution in [-0.4, -0.2) is 31.5 Å². The number of nitrogens with zero attached hydrogens (tertiary/aromatic N) is 2. The van der Waals surface area contributed by atoms with Crippen LogP contribution in [0.2, 0.25) is 0 Å². The molecule has 0 fully saturated rings. The summed E-state index contributed by atoms with van der Waals surface area (Å²) in [6, 6.07) is 17.1. The van der Waals surface area contributed by atoms with Gasteiger partial charge in [-0.1, -0.05) is 54.1 Å². The van der Waals surface area contributed by atoms with Gasteiger partial charge in [0, 0.05) is 19.6 Å². The molecule has 25 heavy (non-hydrogen) atoms. The standard InChI is InChI=1S/C21H30N4/c1-5-22-21(23-14-18-12-10-17(2)11-13-18)24-15-19-8-6-7-9-20(19)16-25(3)4/h6-13H,5,14-16H2,1-4H3,(H2,22,23,24). The van der Waals surface area contributed by atoms with Gasteiger partial charge in [0.15, 0.2) is 5.96 Å². The third-order valence-electron chi connectivity index (χ3n) is 3.94. The molecule has 0 bridgehead atoms. The number of aliphatic imine (C=N–C) groups is 1. The molecule has 0 saturated carbocycles. The number of guanidine groups is 1. The number of hydrogen-bond donors (Lipinski definition) is 2. The minimum atomic E-state index is 0.676. The Morgan fingerprint density at radius 3 is 2.28 bits per heavy atom. The lowest BCUT2D eigenvalue weighted by molar-refractivity contribution is 0.400. The molecule has 4 heteroatoms. The van der Waals surface area contributed by atoms with E-state index < -0.39 is 0 Å². The number of aryl methyl sites for hydroxylation is 1. The Labute approximate surface area is 152 Å². The molecule has 0 aliphatic heterocycles. The third-order valence-corrected chi connectivity index (χ3v) is 3.94. The zero-order valence-electron chi connectivity index (χ0n) is 15.8. The lowest BCUT2D eigenvalue weighted by Crippen LogP contribution is -2.37. The summed E-state index contributed by atoms with van der Waals surface area (Å²) in [5, 5.41) is 6.78. The largest absolute Gasteiger partial charge is 0.357 e. The highest BCUT2D eigenvalue weighted by molar-refractivity contribution is 5.79. The lowest BCUT2D eigenvalue weighted by atomic mass is 10.1. The molecular formula is C21H30N4. The maximum absolute atomic E-state index is 4.70. The molecule has 0 amide bonds. The van der Waals surface area contributed by atoms with Crippen LogP contribution < -0.4 is 10.6 Å². The van der Waals surface area contributed by atoms with Gasteiger partial charge in [-0.15, -0.1) is 0 Å². The van der Waals surface area contributed by atoms with E-state index in [4.69, 9.17) is 4.99 Å². The van der Waals surface area contributed by atoms with E-state index in [0.717, 1.165) is 25.6 Å². The molecule has 0 saturated heterocycles. The molecule has 4 nitrogen and oxygen atoms in total. The van der Waals surface area contributed by atoms with Crippen molar-refractivity contribution >= 4 is 5.96 Å². The molecule has 2 aromatic carbocycles. The van der Waals surface area contributed by atoms with Crippen molar-refractivity contribution in [3.05, 3.63) is 70.8 Å². The topological polar surface area (TPSA) is 39.7 Å². The average Bonchev–Trinajstić information content (AvgIpc) is 2.59. The summed E-state index contributed by atoms with van der Waals surface area (Å²) in [6.45, 7) is 7.42. The predicted molar refractivity (Wildman–Crippen MR) is 107 cm³/mol. The predicted octanol–water partition coefficient (Wildman–Crippen LogP) is 3.31. The SMILES string of the molecule is CCNC(=NCc1ccc(C)cc1)NCc1ccccc1CN(C)C. The van der Waals surface area contributed by atoms with Crippen molar-refractivity contribution in [3.8, 4) is 0 Å². The average molecular weight is 338 g/mol. The Morgan fingerprint density at radius 1 is 0.960 bits per heavy atom. The fourth-order valence-corrected chi connectivity index (χ4v) is 2.61. The van der Waals surface area contributed by atoms with Crippen LogP contribution in [0.1, 0.15) is 29.2 Å². The summed E-state index contributed by atoms with van der Waals surface area (Å²) in [5.74, 6) is 0.850. The van der Waals surface area contributed by atoms with Crippen molar-refractivity contribution in [2.24, 2.45) is 4.99 Å². The van der Waals surface area contributed by atoms with E-state index in [1.165, 1.54) is 22.3 Å². The maximum Gasteiger partial charge on any atom is 0.191 e. The first-order chi connectivity index (χ1) is 12.1. The van der Waals surface area contributed by atoms with Crippen LogP contribution >= 0.6 is 0 Å². The van der Waals surface area contributed by atoms with Gasteiger partial charge in [0.1, 0.15) is 0 Å². The maximum atomic E-state index is 4.70. The number of benzene rings is 2. The summed E-state index contributed by atoms with van der Waals surface area (Å²) >= 11 is 0. The molecule has 0 aliphatic carbocycles. The van der Waals surface area contributed by atoms with E-state index in [2.05, 4.69) is 92.0 Å². The van der Waals surface area contributed by atoms with Gasteiger partial charge in [-0.05, 0) is 44.6 Å². The molecule has 2 N–H and O–H groups in total. The summed E-state index contributed by atoms with van der Waals surface area (Å²) < 4.78 is 0. The first kappa shape index (κ1) is 19.0. The third kappa shape index (κ3) is 6.59. The van der Waals surface area contributed by atoms with Gasteiger partial charge in [0.2, 0.25) is 0 Å². The minimum absolute atomic E-state index is 0.676. The second kappa shape index (κ2) is 9.84. The molecule has 0 aliphatic rings. The van der Waals surface area contributed by atoms with Crippen molar-refractivity contribution < 1.29 is 0 Å². The summed E-state index contributed by atoms with van der Waals surface area (Å²) in [4.78, 5) is 6.89. The van der Waals surface area contributed by atoms with E-state index >= 15 is 0 Å². The Kier molecular flexibility index (Phi) is 7.48. The van der Waals surface area contributed by atoms with Gasteiger partial charge in [0.05, 0.1) is 6.54 Å². The molecule has 0 atom stereocenters.